The van der Waals surface area contributed by atoms with Crippen LogP contribution in [0.3, 0.4) is 0 Å². The summed E-state index contributed by atoms with van der Waals surface area (Å²) in [5, 5.41) is 0. The van der Waals surface area contributed by atoms with Crippen molar-refractivity contribution in [2.45, 2.75) is 31.6 Å². The van der Waals surface area contributed by atoms with Crippen LogP contribution in [0.2, 0.25) is 0 Å². The third-order valence-corrected chi connectivity index (χ3v) is 6.06. The number of hydrogen-bond donors (Lipinski definition) is 0. The Bertz CT molecular complexity index is 863. The van der Waals surface area contributed by atoms with Gasteiger partial charge in [-0.2, -0.15) is 0 Å². The molecule has 0 amide bonds. The fourth-order valence-electron chi connectivity index (χ4n) is 4.71. The van der Waals surface area contributed by atoms with E-state index in [1.165, 1.54) is 6.42 Å². The lowest BCUT2D eigenvalue weighted by Crippen LogP contribution is -2.12. The molecule has 0 N–H and O–H groups in total. The lowest BCUT2D eigenvalue weighted by molar-refractivity contribution is 0.316. The van der Waals surface area contributed by atoms with Gasteiger partial charge in [-0.1, -0.05) is 18.6 Å². The maximum atomic E-state index is 5.77. The Morgan fingerprint density at radius 3 is 1.77 bits per heavy atom. The molecule has 1 saturated carbocycles. The van der Waals surface area contributed by atoms with Crippen LogP contribution in [0.1, 0.15) is 36.3 Å². The molecule has 6 nitrogen and oxygen atoms in total. The molecule has 0 spiro atoms. The largest absolute Gasteiger partial charge is 0.493 e. The Morgan fingerprint density at radius 2 is 1.20 bits per heavy atom. The Labute approximate surface area is 179 Å². The van der Waals surface area contributed by atoms with Crippen molar-refractivity contribution in [1.82, 2.24) is 0 Å². The number of hydrogen-bond acceptors (Lipinski definition) is 6. The van der Waals surface area contributed by atoms with Gasteiger partial charge in [0.2, 0.25) is 11.5 Å². The summed E-state index contributed by atoms with van der Waals surface area (Å²) in [5.74, 6) is 4.93. The summed E-state index contributed by atoms with van der Waals surface area (Å²) in [6.45, 7) is 0. The van der Waals surface area contributed by atoms with Crippen molar-refractivity contribution >= 4 is 0 Å². The van der Waals surface area contributed by atoms with Crippen LogP contribution in [0.5, 0.6) is 34.5 Å². The summed E-state index contributed by atoms with van der Waals surface area (Å²) in [5.41, 5.74) is 2.28. The van der Waals surface area contributed by atoms with E-state index in [0.717, 1.165) is 41.9 Å². The molecule has 2 aromatic rings. The molecule has 30 heavy (non-hydrogen) atoms. The summed E-state index contributed by atoms with van der Waals surface area (Å²) in [6, 6.07) is 8.08. The maximum absolute atomic E-state index is 5.77. The van der Waals surface area contributed by atoms with Crippen molar-refractivity contribution in [3.8, 4) is 34.5 Å². The van der Waals surface area contributed by atoms with E-state index in [1.54, 1.807) is 42.7 Å². The Morgan fingerprint density at radius 1 is 0.633 bits per heavy atom. The standard InChI is InChI=1S/C24H32O6/c1-25-19-12-10-16(21(27-3)23(19)29-5)14-15-8-7-9-17(15)18-11-13-20(26-2)24(30-6)22(18)28-4/h10-13,15,17H,7-9,14H2,1-6H3. The van der Waals surface area contributed by atoms with Crippen LogP contribution in [-0.4, -0.2) is 42.7 Å². The molecule has 1 aliphatic carbocycles. The summed E-state index contributed by atoms with van der Waals surface area (Å²) in [7, 11) is 9.90. The Balaban J connectivity index is 1.97. The maximum Gasteiger partial charge on any atom is 0.203 e. The average Bonchev–Trinajstić information content (AvgIpc) is 3.25. The van der Waals surface area contributed by atoms with Crippen LogP contribution in [0.25, 0.3) is 0 Å². The van der Waals surface area contributed by atoms with Gasteiger partial charge in [-0.25, -0.2) is 0 Å². The quantitative estimate of drug-likeness (QED) is 0.582. The van der Waals surface area contributed by atoms with Gasteiger partial charge in [0.15, 0.2) is 23.0 Å². The SMILES string of the molecule is COc1ccc(CC2CCCC2c2ccc(OC)c(OC)c2OC)c(OC)c1OC. The summed E-state index contributed by atoms with van der Waals surface area (Å²) in [6.07, 6.45) is 4.29. The third-order valence-electron chi connectivity index (χ3n) is 6.06. The zero-order valence-corrected chi connectivity index (χ0v) is 18.7. The summed E-state index contributed by atoms with van der Waals surface area (Å²) < 4.78 is 33.5. The van der Waals surface area contributed by atoms with Crippen molar-refractivity contribution < 1.29 is 28.4 Å². The first kappa shape index (κ1) is 21.9. The predicted octanol–water partition coefficient (Wildman–Crippen LogP) is 4.86. The Kier molecular flexibility index (Phi) is 7.19. The van der Waals surface area contributed by atoms with Crippen LogP contribution >= 0.6 is 0 Å². The molecule has 2 atom stereocenters. The second-order valence-corrected chi connectivity index (χ2v) is 7.42. The molecular formula is C24H32O6. The first-order valence-corrected chi connectivity index (χ1v) is 10.2. The van der Waals surface area contributed by atoms with Crippen molar-refractivity contribution in [2.75, 3.05) is 42.7 Å². The predicted molar refractivity (Wildman–Crippen MR) is 116 cm³/mol. The average molecular weight is 417 g/mol. The zero-order chi connectivity index (χ0) is 21.7. The molecule has 164 valence electrons. The number of benzene rings is 2. The number of rotatable bonds is 9. The molecular weight excluding hydrogens is 384 g/mol. The van der Waals surface area contributed by atoms with Crippen molar-refractivity contribution in [1.29, 1.82) is 0 Å². The number of ether oxygens (including phenoxy) is 6. The van der Waals surface area contributed by atoms with E-state index >= 15 is 0 Å². The number of methoxy groups -OCH3 is 6. The van der Waals surface area contributed by atoms with Gasteiger partial charge in [-0.05, 0) is 48.8 Å². The van der Waals surface area contributed by atoms with Crippen molar-refractivity contribution in [3.05, 3.63) is 35.4 Å². The first-order chi connectivity index (χ1) is 14.6. The van der Waals surface area contributed by atoms with Gasteiger partial charge in [0.1, 0.15) is 0 Å². The first-order valence-electron chi connectivity index (χ1n) is 10.2. The molecule has 0 bridgehead atoms. The molecule has 3 rings (SSSR count). The molecule has 0 aromatic heterocycles. The van der Waals surface area contributed by atoms with Crippen LogP contribution in [0.4, 0.5) is 0 Å². The highest BCUT2D eigenvalue weighted by Crippen LogP contribution is 2.51. The van der Waals surface area contributed by atoms with Crippen LogP contribution in [-0.2, 0) is 6.42 Å². The van der Waals surface area contributed by atoms with E-state index in [1.807, 2.05) is 12.1 Å². The van der Waals surface area contributed by atoms with E-state index in [-0.39, 0.29) is 0 Å². The fourth-order valence-corrected chi connectivity index (χ4v) is 4.71. The van der Waals surface area contributed by atoms with Gasteiger partial charge in [0.25, 0.3) is 0 Å². The van der Waals surface area contributed by atoms with Gasteiger partial charge in [-0.15, -0.1) is 0 Å². The third kappa shape index (κ3) is 3.95. The highest BCUT2D eigenvalue weighted by atomic mass is 16.5. The van der Waals surface area contributed by atoms with E-state index in [4.69, 9.17) is 28.4 Å². The van der Waals surface area contributed by atoms with Gasteiger partial charge in [0.05, 0.1) is 42.7 Å². The topological polar surface area (TPSA) is 55.4 Å². The minimum atomic E-state index is 0.359. The van der Waals surface area contributed by atoms with Crippen LogP contribution < -0.4 is 28.4 Å². The second-order valence-electron chi connectivity index (χ2n) is 7.42. The monoisotopic (exact) mass is 416 g/mol. The van der Waals surface area contributed by atoms with Crippen molar-refractivity contribution in [3.63, 3.8) is 0 Å². The summed E-state index contributed by atoms with van der Waals surface area (Å²) in [4.78, 5) is 0. The van der Waals surface area contributed by atoms with Gasteiger partial charge < -0.3 is 28.4 Å². The second kappa shape index (κ2) is 9.83. The van der Waals surface area contributed by atoms with Crippen molar-refractivity contribution in [2.24, 2.45) is 5.92 Å². The molecule has 1 fully saturated rings. The minimum Gasteiger partial charge on any atom is -0.493 e. The Hall–Kier alpha value is -2.76. The zero-order valence-electron chi connectivity index (χ0n) is 18.7. The summed E-state index contributed by atoms with van der Waals surface area (Å²) >= 11 is 0. The molecule has 6 heteroatoms. The van der Waals surface area contributed by atoms with E-state index in [2.05, 4.69) is 12.1 Å². The van der Waals surface area contributed by atoms with Gasteiger partial charge in [-0.3, -0.25) is 0 Å². The van der Waals surface area contributed by atoms with Gasteiger partial charge >= 0.3 is 0 Å². The smallest absolute Gasteiger partial charge is 0.203 e. The van der Waals surface area contributed by atoms with E-state index < -0.39 is 0 Å². The molecule has 2 aromatic carbocycles. The highest BCUT2D eigenvalue weighted by molar-refractivity contribution is 5.58. The van der Waals surface area contributed by atoms with E-state index in [9.17, 15) is 0 Å². The lowest BCUT2D eigenvalue weighted by atomic mass is 9.83. The fraction of sp³-hybridized carbons (Fsp3) is 0.500. The van der Waals surface area contributed by atoms with E-state index in [0.29, 0.717) is 34.8 Å². The molecule has 0 radical (unpaired) electrons. The molecule has 0 heterocycles. The van der Waals surface area contributed by atoms with Gasteiger partial charge in [0, 0.05) is 5.56 Å². The van der Waals surface area contributed by atoms with Crippen LogP contribution in [0.15, 0.2) is 24.3 Å². The van der Waals surface area contributed by atoms with Crippen LogP contribution in [0, 0.1) is 5.92 Å². The molecule has 0 saturated heterocycles. The molecule has 2 unspecified atom stereocenters. The minimum absolute atomic E-state index is 0.359. The lowest BCUT2D eigenvalue weighted by Gasteiger charge is -2.25. The molecule has 1 aliphatic rings. The molecule has 0 aliphatic heterocycles. The highest BCUT2D eigenvalue weighted by Gasteiger charge is 2.33. The normalized spacial score (nSPS) is 18.1.